The van der Waals surface area contributed by atoms with E-state index in [0.29, 0.717) is 103 Å². The summed E-state index contributed by atoms with van der Waals surface area (Å²) >= 11 is 5.62. The molecule has 780 valence electrons. The highest BCUT2D eigenvalue weighted by Gasteiger charge is 2.47. The van der Waals surface area contributed by atoms with E-state index in [0.717, 1.165) is 82.3 Å². The quantitative estimate of drug-likeness (QED) is 0.0238. The van der Waals surface area contributed by atoms with Crippen LogP contribution in [0.15, 0.2) is 72.8 Å². The normalized spacial score (nSPS) is 19.3. The van der Waals surface area contributed by atoms with Gasteiger partial charge in [0.05, 0.1) is 69.3 Å². The number of ether oxygens (including phenoxy) is 10. The van der Waals surface area contributed by atoms with Crippen LogP contribution in [0.1, 0.15) is 165 Å². The number of fused-ring (bicyclic) bond motifs is 16. The SMILES string of the molecule is C.C.C.CC(C)(C)OC(=O)N1CC2CCC1CN2.CCN[C@H](CC(=O)N1CC2CCC1CN2c1nc(N)c2cc(OC)c(OC)c(F)c2n1)c1ccc(F)cc1.CCN[C@H](CC(=O)O)c1ccc(F)cc1.COc1cc2c(N)nc(Cl)nc2c(F)c1OC.COc1cc2c(N)nc(N3CC4CCC3CN4)nc2c(F)c1OC.COc1cc2c(N)nc(N3CC4CCC3CN4C(=O)OC(C)(C)C)nc2c(F)c1OC. The third kappa shape index (κ3) is 25.6. The molecule has 12 saturated heterocycles. The first-order valence-corrected chi connectivity index (χ1v) is 46.5. The molecule has 143 heavy (non-hydrogen) atoms. The molecule has 0 saturated carbocycles. The van der Waals surface area contributed by atoms with Gasteiger partial charge < -0.3 is 126 Å². The molecule has 12 aliphatic rings. The van der Waals surface area contributed by atoms with E-state index >= 15 is 8.78 Å². The number of nitrogens with zero attached hydrogens (tertiary/aromatic N) is 14. The Bertz CT molecular complexity index is 6110. The molecule has 37 nitrogen and oxygen atoms in total. The topological polar surface area (TPSA) is 456 Å². The number of hydrogen-bond acceptors (Lipinski definition) is 33. The van der Waals surface area contributed by atoms with Crippen molar-refractivity contribution in [1.82, 2.24) is 75.8 Å². The molecule has 16 heterocycles. The van der Waals surface area contributed by atoms with Crippen LogP contribution in [0.3, 0.4) is 0 Å². The summed E-state index contributed by atoms with van der Waals surface area (Å²) in [6, 6.07) is 19.4. The van der Waals surface area contributed by atoms with Crippen LogP contribution >= 0.6 is 11.6 Å². The number of methoxy groups -OCH3 is 8. The number of anilines is 7. The van der Waals surface area contributed by atoms with Crippen LogP contribution in [0, 0.1) is 34.9 Å². The summed E-state index contributed by atoms with van der Waals surface area (Å²) in [5, 5.41) is 23.3. The number of piperazine rings is 4. The van der Waals surface area contributed by atoms with E-state index in [-0.39, 0.29) is 203 Å². The van der Waals surface area contributed by atoms with Gasteiger partial charge in [0, 0.05) is 135 Å². The number of benzene rings is 6. The van der Waals surface area contributed by atoms with Gasteiger partial charge in [-0.2, -0.15) is 15.0 Å². The van der Waals surface area contributed by atoms with Gasteiger partial charge >= 0.3 is 18.2 Å². The monoisotopic (exact) mass is 2020 g/mol. The predicted octanol–water partition coefficient (Wildman–Crippen LogP) is 14.9. The summed E-state index contributed by atoms with van der Waals surface area (Å²) in [6.45, 7) is 22.0. The highest BCUT2D eigenvalue weighted by atomic mass is 35.5. The number of aromatic nitrogens is 8. The van der Waals surface area contributed by atoms with Crippen molar-refractivity contribution in [2.24, 2.45) is 0 Å². The van der Waals surface area contributed by atoms with Crippen LogP contribution < -0.4 is 96.8 Å². The minimum atomic E-state index is -0.870. The van der Waals surface area contributed by atoms with Crippen molar-refractivity contribution in [3.8, 4) is 46.0 Å². The van der Waals surface area contributed by atoms with E-state index in [1.54, 1.807) is 47.4 Å². The number of nitrogen functional groups attached to an aromatic ring is 4. The molecular weight excluding hydrogens is 1890 g/mol. The first kappa shape index (κ1) is 112. The van der Waals surface area contributed by atoms with E-state index in [4.69, 9.17) is 87.0 Å². The van der Waals surface area contributed by atoms with Crippen LogP contribution in [0.4, 0.5) is 77.0 Å². The lowest BCUT2D eigenvalue weighted by atomic mass is 9.90. The molecule has 3 amide bonds. The number of carbonyl (C=O) groups excluding carboxylic acids is 3. The Balaban J connectivity index is 0.000000182. The van der Waals surface area contributed by atoms with E-state index in [1.165, 1.54) is 93.6 Å². The molecule has 12 fully saturated rings. The van der Waals surface area contributed by atoms with Gasteiger partial charge in [-0.25, -0.2) is 60.9 Å². The lowest BCUT2D eigenvalue weighted by Gasteiger charge is -2.51. The summed E-state index contributed by atoms with van der Waals surface area (Å²) in [6.07, 6.45) is 7.77. The number of halogens is 7. The van der Waals surface area contributed by atoms with Gasteiger partial charge in [0.25, 0.3) is 0 Å². The van der Waals surface area contributed by atoms with Gasteiger partial charge in [-0.3, -0.25) is 9.59 Å². The summed E-state index contributed by atoms with van der Waals surface area (Å²) in [7, 11) is 11.2. The van der Waals surface area contributed by atoms with Crippen LogP contribution in [-0.2, 0) is 19.1 Å². The first-order valence-electron chi connectivity index (χ1n) is 46.2. The van der Waals surface area contributed by atoms with Crippen molar-refractivity contribution in [1.29, 1.82) is 0 Å². The number of carboxylic acids is 1. The van der Waals surface area contributed by atoms with E-state index < -0.39 is 34.8 Å². The van der Waals surface area contributed by atoms with Crippen molar-refractivity contribution in [3.63, 3.8) is 0 Å². The maximum Gasteiger partial charge on any atom is 0.410 e. The van der Waals surface area contributed by atoms with Crippen molar-refractivity contribution in [3.05, 3.63) is 124 Å². The van der Waals surface area contributed by atoms with Gasteiger partial charge in [0.1, 0.15) is 68.2 Å². The van der Waals surface area contributed by atoms with Gasteiger partial charge in [0.2, 0.25) is 29.0 Å². The molecule has 6 aromatic carbocycles. The predicted molar refractivity (Wildman–Crippen MR) is 539 cm³/mol. The summed E-state index contributed by atoms with van der Waals surface area (Å²) in [5.41, 5.74) is 25.1. The second-order valence-electron chi connectivity index (χ2n) is 36.7. The van der Waals surface area contributed by atoms with Crippen LogP contribution in [-0.4, -0.2) is 266 Å². The van der Waals surface area contributed by atoms with E-state index in [9.17, 15) is 36.7 Å². The molecular formula is C99H135ClF6N22O15. The number of hydrogen-bond donors (Lipinski definition) is 9. The Morgan fingerprint density at radius 2 is 0.727 bits per heavy atom. The minimum Gasteiger partial charge on any atom is -0.493 e. The molecule has 12 aliphatic heterocycles. The van der Waals surface area contributed by atoms with E-state index in [2.05, 4.69) is 66.0 Å². The van der Waals surface area contributed by atoms with Crippen LogP contribution in [0.5, 0.6) is 46.0 Å². The summed E-state index contributed by atoms with van der Waals surface area (Å²) < 4.78 is 137. The second-order valence-corrected chi connectivity index (χ2v) is 37.1. The number of nitrogens with two attached hydrogens (primary N) is 4. The Morgan fingerprint density at radius 3 is 1.02 bits per heavy atom. The number of nitrogens with one attached hydrogen (secondary N) is 4. The highest BCUT2D eigenvalue weighted by molar-refractivity contribution is 6.28. The third-order valence-corrected chi connectivity index (χ3v) is 25.6. The molecule has 10 atom stereocenters. The lowest BCUT2D eigenvalue weighted by molar-refractivity contribution is -0.138. The van der Waals surface area contributed by atoms with E-state index in [1.807, 2.05) is 75.0 Å². The van der Waals surface area contributed by atoms with Gasteiger partial charge in [0.15, 0.2) is 69.3 Å². The van der Waals surface area contributed by atoms with Gasteiger partial charge in [-0.1, -0.05) is 60.4 Å². The Hall–Kier alpha value is -13.1. The fraction of sp³-hybridized carbons (Fsp3) is 0.515. The third-order valence-electron chi connectivity index (χ3n) is 25.5. The Kier molecular flexibility index (Phi) is 37.8. The maximum atomic E-state index is 15.3. The maximum absolute atomic E-state index is 15.3. The number of amides is 3. The largest absolute Gasteiger partial charge is 0.493 e. The molecule has 10 aromatic rings. The Morgan fingerprint density at radius 1 is 0.413 bits per heavy atom. The molecule has 8 unspecified atom stereocenters. The molecule has 13 N–H and O–H groups in total. The summed E-state index contributed by atoms with van der Waals surface area (Å²) in [4.78, 5) is 94.6. The number of carboxylic acid groups (broad SMARTS) is 1. The number of carbonyl (C=O) groups is 4. The fourth-order valence-electron chi connectivity index (χ4n) is 18.7. The zero-order chi connectivity index (χ0) is 101. The number of piperidine rings is 8. The molecule has 44 heteroatoms. The number of rotatable bonds is 21. The molecule has 0 spiro atoms. The van der Waals surface area contributed by atoms with Crippen molar-refractivity contribution in [2.75, 3.05) is 160 Å². The second kappa shape index (κ2) is 48.3. The zero-order valence-electron chi connectivity index (χ0n) is 81.2. The summed E-state index contributed by atoms with van der Waals surface area (Å²) in [5.74, 6) is -1.43. The molecule has 22 rings (SSSR count). The standard InChI is InChI=1S/C27H32F2N6O3.C21H28FN5O4.C16H20FN5O2.C11H14FNO2.C11H20N2O2.C10H9ClFN3O2.3CH4/c1-4-31-20(15-5-7-16(28)8-6-15)12-22(36)34-13-18-10-9-17(34)14-35(18)27-32-24-19(26(30)33-27)11-21(37-2)25(38-3)23(24)29;1-21(2,3)31-20(28)27-10-11-6-7-12(27)9-26(11)19-24-16-13(18(23)25-19)8-14(29-4)17(30-5)15(16)22;1-23-11-5-10-13(12(17)14(11)24-2)20-16(21-15(10)18)22-7-8-3-4-9(22)6-19-8;1-2-13-10(7-11(14)15)8-3-5-9(12)6-4-8;1-11(2,3)15-10(14)13-7-8-4-5-9(13)6-12-8;1-16-5-3-4-7(6(12)8(5)17-2)14-10(11)15-9(4)13;;;/h5-8,11,17-18,20,31H,4,9-10,12-14H2,1-3H3,(H2,30,32,33);8,11-12H,6-7,9-10H2,1-5H3,(H2,23,24,25);5,8-9,19H,3-4,6-7H2,1-2H3,(H2,18,20,21);3-6,10,13H,2,7H2,1H3,(H,14,15);8-9,12H,4-7H2,1-3H3;3H,1-2H3,(H2,13,14,15);3*1H4/t17?,18?,20-;;;10-;;;;;/m1..1...../s1. The van der Waals surface area contributed by atoms with Crippen LogP contribution in [0.25, 0.3) is 43.6 Å². The van der Waals surface area contributed by atoms with Crippen molar-refractivity contribution < 1.29 is 98.0 Å². The fourth-order valence-corrected chi connectivity index (χ4v) is 18.9. The lowest BCUT2D eigenvalue weighted by Crippen LogP contribution is -2.64. The van der Waals surface area contributed by atoms with Crippen molar-refractivity contribution >= 4 is 120 Å². The van der Waals surface area contributed by atoms with Crippen molar-refractivity contribution in [2.45, 2.75) is 213 Å². The first-order chi connectivity index (χ1) is 66.7. The van der Waals surface area contributed by atoms with Crippen LogP contribution in [0.2, 0.25) is 5.28 Å². The zero-order valence-corrected chi connectivity index (χ0v) is 82.0. The Labute approximate surface area is 833 Å². The molecule has 0 radical (unpaired) electrons. The molecule has 8 bridgehead atoms. The highest BCUT2D eigenvalue weighted by Crippen LogP contribution is 2.45. The van der Waals surface area contributed by atoms with Gasteiger partial charge in [-0.15, -0.1) is 0 Å². The molecule has 0 aliphatic carbocycles. The average Bonchev–Trinajstić information content (AvgIpc) is 0.758. The smallest absolute Gasteiger partial charge is 0.410 e. The number of aliphatic carboxylic acids is 1. The molecule has 4 aromatic heterocycles. The minimum absolute atomic E-state index is 0. The average molecular weight is 2020 g/mol. The van der Waals surface area contributed by atoms with Gasteiger partial charge in [-0.05, 0) is 177 Å².